The first kappa shape index (κ1) is 6.92. The van der Waals surface area contributed by atoms with Crippen LogP contribution >= 0.6 is 31.9 Å². The number of halogens is 2. The second-order valence-corrected chi connectivity index (χ2v) is 6.43. The largest absolute Gasteiger partial charge is 0.469 e. The van der Waals surface area contributed by atoms with Gasteiger partial charge in [-0.05, 0) is 18.6 Å². The summed E-state index contributed by atoms with van der Waals surface area (Å²) in [4.78, 5) is 0. The van der Waals surface area contributed by atoms with Gasteiger partial charge in [0.15, 0.2) is 0 Å². The molecule has 1 fully saturated rings. The summed E-state index contributed by atoms with van der Waals surface area (Å²) < 4.78 is 5.36. The summed E-state index contributed by atoms with van der Waals surface area (Å²) in [5.41, 5.74) is 0. The SMILES string of the molecule is BrC1(Br)CC1c1ccco1. The van der Waals surface area contributed by atoms with Crippen molar-refractivity contribution in [3.05, 3.63) is 24.2 Å². The lowest BCUT2D eigenvalue weighted by atomic mass is 10.3. The van der Waals surface area contributed by atoms with E-state index in [0.717, 1.165) is 12.2 Å². The van der Waals surface area contributed by atoms with Gasteiger partial charge in [-0.3, -0.25) is 0 Å². The molecule has 1 aromatic heterocycles. The first-order valence-electron chi connectivity index (χ1n) is 3.11. The van der Waals surface area contributed by atoms with Crippen molar-refractivity contribution in [3.8, 4) is 0 Å². The Balaban J connectivity index is 2.19. The molecule has 1 aromatic rings. The van der Waals surface area contributed by atoms with Crippen LogP contribution in [0.1, 0.15) is 18.1 Å². The zero-order valence-electron chi connectivity index (χ0n) is 5.18. The van der Waals surface area contributed by atoms with E-state index < -0.39 is 0 Å². The smallest absolute Gasteiger partial charge is 0.109 e. The summed E-state index contributed by atoms with van der Waals surface area (Å²) in [7, 11) is 0. The molecule has 0 aromatic carbocycles. The quantitative estimate of drug-likeness (QED) is 0.711. The van der Waals surface area contributed by atoms with Gasteiger partial charge in [0.25, 0.3) is 0 Å². The van der Waals surface area contributed by atoms with E-state index in [-0.39, 0.29) is 3.23 Å². The number of hydrogen-bond acceptors (Lipinski definition) is 1. The van der Waals surface area contributed by atoms with Crippen LogP contribution in [0.15, 0.2) is 22.8 Å². The van der Waals surface area contributed by atoms with Crippen LogP contribution < -0.4 is 0 Å². The molecular weight excluding hydrogens is 260 g/mol. The van der Waals surface area contributed by atoms with Crippen molar-refractivity contribution in [3.63, 3.8) is 0 Å². The van der Waals surface area contributed by atoms with Crippen LogP contribution in [0.5, 0.6) is 0 Å². The van der Waals surface area contributed by atoms with Gasteiger partial charge in [0.1, 0.15) is 5.76 Å². The van der Waals surface area contributed by atoms with Gasteiger partial charge in [0.2, 0.25) is 0 Å². The molecule has 0 spiro atoms. The molecule has 3 heteroatoms. The Bertz CT molecular complexity index is 228. The van der Waals surface area contributed by atoms with E-state index >= 15 is 0 Å². The van der Waals surface area contributed by atoms with E-state index in [1.54, 1.807) is 6.26 Å². The van der Waals surface area contributed by atoms with E-state index in [1.807, 2.05) is 12.1 Å². The van der Waals surface area contributed by atoms with Crippen molar-refractivity contribution in [2.75, 3.05) is 0 Å². The molecule has 0 saturated heterocycles. The van der Waals surface area contributed by atoms with Crippen molar-refractivity contribution < 1.29 is 4.42 Å². The Kier molecular flexibility index (Phi) is 1.46. The Morgan fingerprint density at radius 1 is 1.60 bits per heavy atom. The molecule has 2 rings (SSSR count). The van der Waals surface area contributed by atoms with E-state index in [4.69, 9.17) is 4.42 Å². The standard InChI is InChI=1S/C7H6Br2O/c8-7(9)4-5(7)6-2-1-3-10-6/h1-3,5H,4H2. The first-order chi connectivity index (χ1) is 4.70. The lowest BCUT2D eigenvalue weighted by Crippen LogP contribution is -1.84. The highest BCUT2D eigenvalue weighted by atomic mass is 79.9. The highest BCUT2D eigenvalue weighted by molar-refractivity contribution is 9.25. The average molecular weight is 266 g/mol. The second-order valence-electron chi connectivity index (χ2n) is 2.53. The third kappa shape index (κ3) is 1.05. The van der Waals surface area contributed by atoms with Gasteiger partial charge in [-0.1, -0.05) is 31.9 Å². The van der Waals surface area contributed by atoms with Crippen molar-refractivity contribution in [1.82, 2.24) is 0 Å². The second kappa shape index (κ2) is 2.11. The fourth-order valence-corrected chi connectivity index (χ4v) is 2.11. The summed E-state index contributed by atoms with van der Waals surface area (Å²) in [6.45, 7) is 0. The summed E-state index contributed by atoms with van der Waals surface area (Å²) >= 11 is 7.06. The molecule has 10 heavy (non-hydrogen) atoms. The summed E-state index contributed by atoms with van der Waals surface area (Å²) in [6.07, 6.45) is 2.82. The van der Waals surface area contributed by atoms with Crippen LogP contribution in [0.4, 0.5) is 0 Å². The van der Waals surface area contributed by atoms with Crippen molar-refractivity contribution in [1.29, 1.82) is 0 Å². The highest BCUT2D eigenvalue weighted by Crippen LogP contribution is 2.62. The molecular formula is C7H6Br2O. The minimum absolute atomic E-state index is 0.123. The maximum absolute atomic E-state index is 5.23. The summed E-state index contributed by atoms with van der Waals surface area (Å²) in [5, 5.41) is 0. The van der Waals surface area contributed by atoms with Gasteiger partial charge in [-0.25, -0.2) is 0 Å². The molecule has 1 unspecified atom stereocenters. The van der Waals surface area contributed by atoms with Crippen LogP contribution in [0.2, 0.25) is 0 Å². The van der Waals surface area contributed by atoms with Gasteiger partial charge in [-0.15, -0.1) is 0 Å². The van der Waals surface area contributed by atoms with E-state index in [2.05, 4.69) is 31.9 Å². The third-order valence-corrected chi connectivity index (χ3v) is 3.47. The molecule has 1 saturated carbocycles. The summed E-state index contributed by atoms with van der Waals surface area (Å²) in [5.74, 6) is 1.58. The minimum atomic E-state index is 0.123. The number of furan rings is 1. The van der Waals surface area contributed by atoms with E-state index in [1.165, 1.54) is 0 Å². The Hall–Kier alpha value is 0.240. The average Bonchev–Trinajstić information content (AvgIpc) is 2.31. The lowest BCUT2D eigenvalue weighted by Gasteiger charge is -1.93. The molecule has 0 N–H and O–H groups in total. The Morgan fingerprint density at radius 2 is 2.30 bits per heavy atom. The van der Waals surface area contributed by atoms with Gasteiger partial charge in [-0.2, -0.15) is 0 Å². The predicted octanol–water partition coefficient (Wildman–Crippen LogP) is 3.25. The minimum Gasteiger partial charge on any atom is -0.469 e. The Labute approximate surface area is 76.0 Å². The molecule has 0 aliphatic heterocycles. The Morgan fingerprint density at radius 3 is 2.70 bits per heavy atom. The fraction of sp³-hybridized carbons (Fsp3) is 0.429. The highest BCUT2D eigenvalue weighted by Gasteiger charge is 2.52. The number of rotatable bonds is 1. The van der Waals surface area contributed by atoms with Crippen LogP contribution in [0.3, 0.4) is 0 Å². The van der Waals surface area contributed by atoms with Crippen molar-refractivity contribution >= 4 is 31.9 Å². The molecule has 1 heterocycles. The third-order valence-electron chi connectivity index (χ3n) is 1.71. The molecule has 0 radical (unpaired) electrons. The fourth-order valence-electron chi connectivity index (χ4n) is 1.01. The maximum Gasteiger partial charge on any atom is 0.109 e. The number of hydrogen-bond donors (Lipinski definition) is 0. The lowest BCUT2D eigenvalue weighted by molar-refractivity contribution is 0.512. The summed E-state index contributed by atoms with van der Waals surface area (Å²) in [6, 6.07) is 3.93. The molecule has 1 atom stereocenters. The zero-order valence-corrected chi connectivity index (χ0v) is 8.35. The van der Waals surface area contributed by atoms with Gasteiger partial charge < -0.3 is 4.42 Å². The van der Waals surface area contributed by atoms with Gasteiger partial charge in [0, 0.05) is 5.92 Å². The normalized spacial score (nSPS) is 28.4. The van der Waals surface area contributed by atoms with Crippen molar-refractivity contribution in [2.45, 2.75) is 15.6 Å². The molecule has 1 aliphatic carbocycles. The number of alkyl halides is 2. The first-order valence-corrected chi connectivity index (χ1v) is 4.70. The van der Waals surface area contributed by atoms with Crippen LogP contribution in [0.25, 0.3) is 0 Å². The molecule has 0 amide bonds. The van der Waals surface area contributed by atoms with Crippen molar-refractivity contribution in [2.24, 2.45) is 0 Å². The zero-order chi connectivity index (χ0) is 7.19. The van der Waals surface area contributed by atoms with Crippen LogP contribution in [0, 0.1) is 0 Å². The molecule has 54 valence electrons. The van der Waals surface area contributed by atoms with Gasteiger partial charge >= 0.3 is 0 Å². The molecule has 0 bridgehead atoms. The maximum atomic E-state index is 5.23. The topological polar surface area (TPSA) is 13.1 Å². The van der Waals surface area contributed by atoms with Crippen LogP contribution in [-0.2, 0) is 0 Å². The van der Waals surface area contributed by atoms with E-state index in [9.17, 15) is 0 Å². The monoisotopic (exact) mass is 264 g/mol. The predicted molar refractivity (Wildman–Crippen MR) is 46.7 cm³/mol. The molecule has 1 nitrogen and oxygen atoms in total. The molecule has 1 aliphatic rings. The van der Waals surface area contributed by atoms with Crippen LogP contribution in [-0.4, -0.2) is 3.23 Å². The van der Waals surface area contributed by atoms with E-state index in [0.29, 0.717) is 5.92 Å². The van der Waals surface area contributed by atoms with Gasteiger partial charge in [0.05, 0.1) is 9.50 Å².